The van der Waals surface area contributed by atoms with Gasteiger partial charge < -0.3 is 15.4 Å². The first kappa shape index (κ1) is 42.4. The van der Waals surface area contributed by atoms with E-state index in [0.29, 0.717) is 12.4 Å². The second kappa shape index (κ2) is 28.1. The zero-order valence-electron chi connectivity index (χ0n) is 27.0. The maximum Gasteiger partial charge on any atom is 0.122 e. The first-order valence-electron chi connectivity index (χ1n) is 14.4. The standard InChI is InChI=1S/C24H25FN2S.C9H11Cl.C2H6.CH5N.CH2O/c1-3-12-22(25)17-10-11-18-27(19-28)24(21-15-8-5-9-16-21)23(26-2)20-13-6-4-7-14-20;1-3-8-5-4-7(2)6-9(8)10;3*1-2/h3-17,28H,2,18-19H2,1H3;4-6H,3H2,1-2H3;1-2H3;2H2,1H3;1H2/b11-10+,12-3-,22-17+,24-23-;;;;. The van der Waals surface area contributed by atoms with E-state index in [4.69, 9.17) is 16.4 Å². The van der Waals surface area contributed by atoms with Gasteiger partial charge in [0.25, 0.3) is 0 Å². The van der Waals surface area contributed by atoms with Crippen LogP contribution in [0.2, 0.25) is 5.02 Å². The molecule has 0 aliphatic heterocycles. The molecule has 0 aromatic heterocycles. The van der Waals surface area contributed by atoms with Crippen molar-refractivity contribution in [1.29, 1.82) is 0 Å². The molecule has 0 atom stereocenters. The molecule has 0 amide bonds. The number of carbonyl (C=O) groups excluding carboxylic acids is 1. The summed E-state index contributed by atoms with van der Waals surface area (Å²) < 4.78 is 13.5. The molecule has 0 radical (unpaired) electrons. The van der Waals surface area contributed by atoms with E-state index in [1.165, 1.54) is 30.3 Å². The number of carbonyl (C=O) groups is 1. The SMILES string of the molecule is C=N/C(=C(/c1ccccc1)N(CS)C/C=C/C=C(F)\C=C/C)c1ccccc1.C=O.CC.CCc1ccc(C)cc1Cl.CN. The van der Waals surface area contributed by atoms with Crippen LogP contribution in [0.4, 0.5) is 4.39 Å². The number of aliphatic imine (C=N–C) groups is 1. The summed E-state index contributed by atoms with van der Waals surface area (Å²) in [5, 5.41) is 0.891. The number of thiol groups is 1. The van der Waals surface area contributed by atoms with E-state index in [2.05, 4.69) is 54.0 Å². The molecule has 238 valence electrons. The van der Waals surface area contributed by atoms with E-state index in [9.17, 15) is 4.39 Å². The number of nitrogens with two attached hydrogens (primary N) is 1. The molecule has 0 saturated heterocycles. The van der Waals surface area contributed by atoms with Gasteiger partial charge in [0, 0.05) is 22.7 Å². The molecular weight excluding hydrogens is 589 g/mol. The Hall–Kier alpha value is -3.71. The Morgan fingerprint density at radius 2 is 1.55 bits per heavy atom. The predicted molar refractivity (Wildman–Crippen MR) is 197 cm³/mol. The van der Waals surface area contributed by atoms with Crippen LogP contribution >= 0.6 is 24.2 Å². The lowest BCUT2D eigenvalue weighted by Gasteiger charge is -2.26. The van der Waals surface area contributed by atoms with Crippen molar-refractivity contribution in [3.63, 3.8) is 0 Å². The molecular formula is C37H49ClFN3OS. The highest BCUT2D eigenvalue weighted by Gasteiger charge is 2.16. The lowest BCUT2D eigenvalue weighted by Crippen LogP contribution is -2.22. The lowest BCUT2D eigenvalue weighted by atomic mass is 10.0. The van der Waals surface area contributed by atoms with Crippen molar-refractivity contribution in [1.82, 2.24) is 4.90 Å². The predicted octanol–water partition coefficient (Wildman–Crippen LogP) is 10.0. The van der Waals surface area contributed by atoms with Gasteiger partial charge in [0.05, 0.1) is 17.3 Å². The van der Waals surface area contributed by atoms with Crippen LogP contribution in [-0.4, -0.2) is 37.9 Å². The number of nitrogens with zero attached hydrogens (tertiary/aromatic N) is 2. The van der Waals surface area contributed by atoms with Crippen molar-refractivity contribution in [2.45, 2.75) is 41.0 Å². The molecule has 0 aliphatic rings. The van der Waals surface area contributed by atoms with Gasteiger partial charge >= 0.3 is 0 Å². The summed E-state index contributed by atoms with van der Waals surface area (Å²) in [6.45, 7) is 16.3. The van der Waals surface area contributed by atoms with Gasteiger partial charge in [-0.2, -0.15) is 12.6 Å². The van der Waals surface area contributed by atoms with Gasteiger partial charge in [-0.25, -0.2) is 4.39 Å². The van der Waals surface area contributed by atoms with E-state index in [0.717, 1.165) is 34.0 Å². The third-order valence-corrected chi connectivity index (χ3v) is 6.29. The molecule has 3 aromatic rings. The highest BCUT2D eigenvalue weighted by molar-refractivity contribution is 7.80. The van der Waals surface area contributed by atoms with Gasteiger partial charge in [-0.3, -0.25) is 4.99 Å². The monoisotopic (exact) mass is 637 g/mol. The Morgan fingerprint density at radius 3 is 2.00 bits per heavy atom. The van der Waals surface area contributed by atoms with Crippen molar-refractivity contribution in [3.8, 4) is 0 Å². The van der Waals surface area contributed by atoms with Crippen LogP contribution in [-0.2, 0) is 11.2 Å². The van der Waals surface area contributed by atoms with Crippen LogP contribution in [0.5, 0.6) is 0 Å². The molecule has 0 heterocycles. The first-order valence-corrected chi connectivity index (χ1v) is 15.4. The summed E-state index contributed by atoms with van der Waals surface area (Å²) in [6.07, 6.45) is 9.14. The van der Waals surface area contributed by atoms with Gasteiger partial charge in [-0.15, -0.1) is 0 Å². The molecule has 0 fully saturated rings. The number of hydrogen-bond donors (Lipinski definition) is 2. The second-order valence-electron chi connectivity index (χ2n) is 8.38. The minimum atomic E-state index is -0.285. The number of hydrogen-bond acceptors (Lipinski definition) is 5. The Balaban J connectivity index is 0. The minimum Gasteiger partial charge on any atom is -0.357 e. The maximum atomic E-state index is 13.5. The van der Waals surface area contributed by atoms with Crippen LogP contribution in [0.25, 0.3) is 11.4 Å². The van der Waals surface area contributed by atoms with E-state index in [1.54, 1.807) is 19.1 Å². The fourth-order valence-corrected chi connectivity index (χ4v) is 4.31. The quantitative estimate of drug-likeness (QED) is 0.0764. The van der Waals surface area contributed by atoms with Crippen LogP contribution in [0.3, 0.4) is 0 Å². The summed E-state index contributed by atoms with van der Waals surface area (Å²) in [5.41, 5.74) is 10.7. The van der Waals surface area contributed by atoms with Crippen molar-refractivity contribution < 1.29 is 9.18 Å². The Bertz CT molecular complexity index is 1290. The normalized spacial score (nSPS) is 10.9. The summed E-state index contributed by atoms with van der Waals surface area (Å²) in [7, 11) is 1.50. The van der Waals surface area contributed by atoms with Crippen LogP contribution < -0.4 is 5.73 Å². The molecule has 0 spiro atoms. The Kier molecular flexibility index (Phi) is 27.1. The Morgan fingerprint density at radius 1 is 1.00 bits per heavy atom. The van der Waals surface area contributed by atoms with E-state index < -0.39 is 0 Å². The van der Waals surface area contributed by atoms with Crippen LogP contribution in [0, 0.1) is 6.92 Å². The third-order valence-electron chi connectivity index (χ3n) is 5.60. The topological polar surface area (TPSA) is 58.7 Å². The van der Waals surface area contributed by atoms with E-state index in [-0.39, 0.29) is 5.83 Å². The molecule has 0 unspecified atom stereocenters. The average molecular weight is 638 g/mol. The number of allylic oxidation sites excluding steroid dienone is 5. The van der Waals surface area contributed by atoms with Crippen molar-refractivity contribution in [2.75, 3.05) is 19.5 Å². The van der Waals surface area contributed by atoms with Crippen molar-refractivity contribution in [3.05, 3.63) is 142 Å². The minimum absolute atomic E-state index is 0.285. The molecule has 0 aliphatic carbocycles. The van der Waals surface area contributed by atoms with Crippen molar-refractivity contribution >= 4 is 49.1 Å². The zero-order chi connectivity index (χ0) is 33.8. The van der Waals surface area contributed by atoms with Crippen molar-refractivity contribution in [2.24, 2.45) is 10.7 Å². The van der Waals surface area contributed by atoms with Gasteiger partial charge in [-0.05, 0) is 63.4 Å². The second-order valence-corrected chi connectivity index (χ2v) is 9.07. The smallest absolute Gasteiger partial charge is 0.122 e. The number of halogens is 2. The number of rotatable bonds is 10. The molecule has 44 heavy (non-hydrogen) atoms. The Labute approximate surface area is 276 Å². The van der Waals surface area contributed by atoms with E-state index in [1.807, 2.05) is 100 Å². The number of aryl methyl sites for hydroxylation is 2. The third kappa shape index (κ3) is 16.2. The van der Waals surface area contributed by atoms with Gasteiger partial charge in [-0.1, -0.05) is 123 Å². The van der Waals surface area contributed by atoms with Gasteiger partial charge in [0.1, 0.15) is 12.6 Å². The fraction of sp³-hybridized carbons (Fsp3) is 0.243. The largest absolute Gasteiger partial charge is 0.357 e. The fourth-order valence-electron chi connectivity index (χ4n) is 3.69. The maximum absolute atomic E-state index is 13.5. The summed E-state index contributed by atoms with van der Waals surface area (Å²) in [6, 6.07) is 26.1. The highest BCUT2D eigenvalue weighted by atomic mass is 35.5. The van der Waals surface area contributed by atoms with E-state index >= 15 is 0 Å². The van der Waals surface area contributed by atoms with Gasteiger partial charge in [0.2, 0.25) is 0 Å². The molecule has 4 nitrogen and oxygen atoms in total. The molecule has 0 saturated carbocycles. The van der Waals surface area contributed by atoms with Gasteiger partial charge in [0.15, 0.2) is 0 Å². The summed E-state index contributed by atoms with van der Waals surface area (Å²) >= 11 is 10.5. The first-order chi connectivity index (χ1) is 21.4. The molecule has 0 bridgehead atoms. The molecule has 2 N–H and O–H groups in total. The molecule has 3 rings (SSSR count). The zero-order valence-corrected chi connectivity index (χ0v) is 28.7. The summed E-state index contributed by atoms with van der Waals surface area (Å²) in [4.78, 5) is 14.4. The average Bonchev–Trinajstić information content (AvgIpc) is 3.08. The highest BCUT2D eigenvalue weighted by Crippen LogP contribution is 2.30. The summed E-state index contributed by atoms with van der Waals surface area (Å²) in [5.74, 6) is 0.189. The molecule has 7 heteroatoms. The van der Waals surface area contributed by atoms with Crippen LogP contribution in [0.1, 0.15) is 49.9 Å². The molecule has 3 aromatic carbocycles. The van der Waals surface area contributed by atoms with Crippen LogP contribution in [0.15, 0.2) is 120 Å². The lowest BCUT2D eigenvalue weighted by molar-refractivity contribution is -0.0980. The number of benzene rings is 3.